The smallest absolute Gasteiger partial charge is 0.318 e. The van der Waals surface area contributed by atoms with Gasteiger partial charge in [-0.05, 0) is 19.8 Å². The summed E-state index contributed by atoms with van der Waals surface area (Å²) in [6.07, 6.45) is 4.33. The highest BCUT2D eigenvalue weighted by atomic mass is 32.1. The Kier molecular flexibility index (Phi) is 5.49. The van der Waals surface area contributed by atoms with Gasteiger partial charge in [-0.1, -0.05) is 25.1 Å². The van der Waals surface area contributed by atoms with Gasteiger partial charge in [0.1, 0.15) is 0 Å². The molecule has 1 atom stereocenters. The Labute approximate surface area is 112 Å². The van der Waals surface area contributed by atoms with Crippen LogP contribution in [0.15, 0.2) is 0 Å². The summed E-state index contributed by atoms with van der Waals surface area (Å²) < 4.78 is 0. The number of primary amides is 1. The fourth-order valence-electron chi connectivity index (χ4n) is 2.37. The van der Waals surface area contributed by atoms with Crippen LogP contribution in [0, 0.1) is 0 Å². The molecule has 0 radical (unpaired) electrons. The fourth-order valence-corrected chi connectivity index (χ4v) is 2.52. The van der Waals surface area contributed by atoms with Gasteiger partial charge in [0.05, 0.1) is 11.0 Å². The number of nitrogens with zero attached hydrogens (tertiary/aromatic N) is 1. The number of thiocarbonyl (C=S) groups is 1. The molecular weight excluding hydrogens is 252 g/mol. The summed E-state index contributed by atoms with van der Waals surface area (Å²) in [4.78, 5) is 24.8. The summed E-state index contributed by atoms with van der Waals surface area (Å²) in [5.41, 5.74) is 10.5. The second-order valence-corrected chi connectivity index (χ2v) is 5.13. The van der Waals surface area contributed by atoms with Gasteiger partial charge in [-0.25, -0.2) is 4.79 Å². The van der Waals surface area contributed by atoms with Gasteiger partial charge in [-0.15, -0.1) is 0 Å². The molecule has 1 unspecified atom stereocenters. The van der Waals surface area contributed by atoms with Crippen LogP contribution in [0.4, 0.5) is 4.79 Å². The average Bonchev–Trinajstić information content (AvgIpc) is 2.76. The van der Waals surface area contributed by atoms with Crippen molar-refractivity contribution in [3.8, 4) is 0 Å². The Hall–Kier alpha value is -1.21. The summed E-state index contributed by atoms with van der Waals surface area (Å²) in [5.74, 6) is -0.411. The third kappa shape index (κ3) is 4.23. The Morgan fingerprint density at radius 1 is 1.39 bits per heavy atom. The molecule has 1 aliphatic carbocycles. The van der Waals surface area contributed by atoms with E-state index in [0.717, 1.165) is 25.7 Å². The number of carbonyl (C=O) groups excluding carboxylic acids is 2. The van der Waals surface area contributed by atoms with Crippen LogP contribution in [0.2, 0.25) is 0 Å². The van der Waals surface area contributed by atoms with Gasteiger partial charge in [0, 0.05) is 12.6 Å². The molecule has 1 aliphatic rings. The van der Waals surface area contributed by atoms with Crippen LogP contribution in [0.3, 0.4) is 0 Å². The largest absolute Gasteiger partial charge is 0.392 e. The normalized spacial score (nSPS) is 17.7. The maximum Gasteiger partial charge on any atom is 0.318 e. The topological polar surface area (TPSA) is 101 Å². The van der Waals surface area contributed by atoms with Gasteiger partial charge >= 0.3 is 6.03 Å². The van der Waals surface area contributed by atoms with Crippen molar-refractivity contribution in [2.24, 2.45) is 11.5 Å². The SMILES string of the molecule is CC(C(=O)NC(N)=O)N(CC(N)=S)C1CCCC1. The molecule has 6 nitrogen and oxygen atoms in total. The van der Waals surface area contributed by atoms with E-state index in [-0.39, 0.29) is 0 Å². The number of nitrogens with two attached hydrogens (primary N) is 2. The molecule has 0 heterocycles. The molecule has 1 saturated carbocycles. The molecule has 5 N–H and O–H groups in total. The lowest BCUT2D eigenvalue weighted by Gasteiger charge is -2.32. The first-order valence-electron chi connectivity index (χ1n) is 6.06. The maximum atomic E-state index is 11.8. The fraction of sp³-hybridized carbons (Fsp3) is 0.727. The summed E-state index contributed by atoms with van der Waals surface area (Å²) in [7, 11) is 0. The monoisotopic (exact) mass is 272 g/mol. The van der Waals surface area contributed by atoms with Crippen molar-refractivity contribution in [1.82, 2.24) is 10.2 Å². The highest BCUT2D eigenvalue weighted by molar-refractivity contribution is 7.80. The van der Waals surface area contributed by atoms with Crippen molar-refractivity contribution in [2.45, 2.75) is 44.7 Å². The number of amides is 3. The zero-order chi connectivity index (χ0) is 13.7. The third-order valence-corrected chi connectivity index (χ3v) is 3.38. The van der Waals surface area contributed by atoms with Crippen LogP contribution in [0.1, 0.15) is 32.6 Å². The second kappa shape index (κ2) is 6.65. The molecular formula is C11H20N4O2S. The highest BCUT2D eigenvalue weighted by Gasteiger charge is 2.30. The average molecular weight is 272 g/mol. The predicted molar refractivity (Wildman–Crippen MR) is 72.9 cm³/mol. The van der Waals surface area contributed by atoms with Crippen LogP contribution in [-0.2, 0) is 4.79 Å². The lowest BCUT2D eigenvalue weighted by atomic mass is 10.1. The zero-order valence-electron chi connectivity index (χ0n) is 10.5. The Morgan fingerprint density at radius 2 is 1.94 bits per heavy atom. The maximum absolute atomic E-state index is 11.8. The number of rotatable bonds is 5. The molecule has 7 heteroatoms. The Morgan fingerprint density at radius 3 is 2.39 bits per heavy atom. The molecule has 102 valence electrons. The predicted octanol–water partition coefficient (Wildman–Crippen LogP) is 0.101. The van der Waals surface area contributed by atoms with Gasteiger partial charge in [0.2, 0.25) is 5.91 Å². The number of nitrogens with one attached hydrogen (secondary N) is 1. The standard InChI is InChI=1S/C11H20N4O2S/c1-7(10(16)14-11(13)17)15(6-9(12)18)8-4-2-3-5-8/h7-8H,2-6H2,1H3,(H2,12,18)(H3,13,14,16,17). The summed E-state index contributed by atoms with van der Waals surface area (Å²) in [5, 5.41) is 2.09. The van der Waals surface area contributed by atoms with E-state index in [1.54, 1.807) is 6.92 Å². The van der Waals surface area contributed by atoms with Crippen LogP contribution in [0.25, 0.3) is 0 Å². The van der Waals surface area contributed by atoms with Crippen molar-refractivity contribution in [2.75, 3.05) is 6.54 Å². The zero-order valence-corrected chi connectivity index (χ0v) is 11.3. The van der Waals surface area contributed by atoms with Gasteiger partial charge in [-0.2, -0.15) is 0 Å². The molecule has 3 amide bonds. The van der Waals surface area contributed by atoms with Crippen LogP contribution >= 0.6 is 12.2 Å². The van der Waals surface area contributed by atoms with Gasteiger partial charge < -0.3 is 11.5 Å². The molecule has 0 bridgehead atoms. The van der Waals surface area contributed by atoms with E-state index in [1.807, 2.05) is 4.90 Å². The van der Waals surface area contributed by atoms with Crippen molar-refractivity contribution in [3.05, 3.63) is 0 Å². The van der Waals surface area contributed by atoms with Gasteiger partial charge in [0.15, 0.2) is 0 Å². The van der Waals surface area contributed by atoms with Crippen LogP contribution in [0.5, 0.6) is 0 Å². The van der Waals surface area contributed by atoms with E-state index >= 15 is 0 Å². The lowest BCUT2D eigenvalue weighted by molar-refractivity contribution is -0.125. The summed E-state index contributed by atoms with van der Waals surface area (Å²) >= 11 is 4.91. The van der Waals surface area contributed by atoms with E-state index in [4.69, 9.17) is 23.7 Å². The molecule has 0 aromatic rings. The first kappa shape index (κ1) is 14.8. The molecule has 1 fully saturated rings. The van der Waals surface area contributed by atoms with E-state index in [0.29, 0.717) is 17.6 Å². The number of urea groups is 1. The van der Waals surface area contributed by atoms with E-state index < -0.39 is 18.0 Å². The van der Waals surface area contributed by atoms with Crippen LogP contribution < -0.4 is 16.8 Å². The van der Waals surface area contributed by atoms with Crippen molar-refractivity contribution in [1.29, 1.82) is 0 Å². The van der Waals surface area contributed by atoms with E-state index in [2.05, 4.69) is 5.32 Å². The van der Waals surface area contributed by atoms with E-state index in [1.165, 1.54) is 0 Å². The van der Waals surface area contributed by atoms with E-state index in [9.17, 15) is 9.59 Å². The molecule has 0 aromatic heterocycles. The number of imide groups is 1. The third-order valence-electron chi connectivity index (χ3n) is 3.26. The quantitative estimate of drug-likeness (QED) is 0.616. The number of hydrogen-bond acceptors (Lipinski definition) is 4. The molecule has 0 spiro atoms. The minimum absolute atomic E-state index is 0.292. The summed E-state index contributed by atoms with van der Waals surface area (Å²) in [6.45, 7) is 2.11. The minimum atomic E-state index is -0.839. The van der Waals surface area contributed by atoms with Gasteiger partial charge in [-0.3, -0.25) is 15.0 Å². The first-order chi connectivity index (χ1) is 8.41. The Balaban J connectivity index is 2.71. The van der Waals surface area contributed by atoms with Gasteiger partial charge in [0.25, 0.3) is 0 Å². The van der Waals surface area contributed by atoms with Crippen molar-refractivity contribution in [3.63, 3.8) is 0 Å². The lowest BCUT2D eigenvalue weighted by Crippen LogP contribution is -2.53. The van der Waals surface area contributed by atoms with Crippen molar-refractivity contribution < 1.29 is 9.59 Å². The molecule has 0 aromatic carbocycles. The molecule has 18 heavy (non-hydrogen) atoms. The first-order valence-corrected chi connectivity index (χ1v) is 6.47. The number of hydrogen-bond donors (Lipinski definition) is 3. The number of carbonyl (C=O) groups is 2. The Bertz CT molecular complexity index is 342. The summed E-state index contributed by atoms with van der Waals surface area (Å²) in [6, 6.07) is -1.02. The molecule has 0 aliphatic heterocycles. The molecule has 0 saturated heterocycles. The molecule has 1 rings (SSSR count). The van der Waals surface area contributed by atoms with Crippen LogP contribution in [-0.4, -0.2) is 40.5 Å². The minimum Gasteiger partial charge on any atom is -0.392 e. The van der Waals surface area contributed by atoms with Crippen molar-refractivity contribution >= 4 is 29.1 Å². The second-order valence-electron chi connectivity index (χ2n) is 4.61. The highest BCUT2D eigenvalue weighted by Crippen LogP contribution is 2.25.